The van der Waals surface area contributed by atoms with E-state index >= 15 is 0 Å². The van der Waals surface area contributed by atoms with E-state index in [4.69, 9.17) is 9.90 Å². The second-order valence-corrected chi connectivity index (χ2v) is 8.11. The van der Waals surface area contributed by atoms with Crippen molar-refractivity contribution in [1.82, 2.24) is 0 Å². The second-order valence-electron chi connectivity index (χ2n) is 8.11. The third kappa shape index (κ3) is 3.15. The fraction of sp³-hybridized carbons (Fsp3) is 0.650. The number of carboxylic acids is 1. The van der Waals surface area contributed by atoms with Crippen molar-refractivity contribution >= 4 is 5.97 Å². The highest BCUT2D eigenvalue weighted by molar-refractivity contribution is 5.62. The summed E-state index contributed by atoms with van der Waals surface area (Å²) in [5, 5.41) is 37.6. The first kappa shape index (κ1) is 18.2. The fourth-order valence-electron chi connectivity index (χ4n) is 5.56. The van der Waals surface area contributed by atoms with Crippen molar-refractivity contribution in [2.75, 3.05) is 0 Å². The van der Waals surface area contributed by atoms with Gasteiger partial charge in [-0.2, -0.15) is 0 Å². The van der Waals surface area contributed by atoms with Crippen LogP contribution in [0.1, 0.15) is 56.6 Å². The van der Waals surface area contributed by atoms with Crippen molar-refractivity contribution in [2.45, 2.75) is 64.1 Å². The molecule has 0 aliphatic heterocycles. The molecule has 4 rings (SSSR count). The summed E-state index contributed by atoms with van der Waals surface area (Å²) in [6.45, 7) is 3.25. The third-order valence-corrected chi connectivity index (χ3v) is 6.68. The zero-order valence-electron chi connectivity index (χ0n) is 14.9. The normalized spacial score (nSPS) is 38.6. The minimum absolute atomic E-state index is 0.116. The molecule has 5 heteroatoms. The zero-order chi connectivity index (χ0) is 18.4. The van der Waals surface area contributed by atoms with E-state index in [2.05, 4.69) is 13.0 Å². The Balaban J connectivity index is 0.000000415. The van der Waals surface area contributed by atoms with Gasteiger partial charge in [-0.05, 0) is 78.5 Å². The average molecular weight is 348 g/mol. The fourth-order valence-corrected chi connectivity index (χ4v) is 5.56. The van der Waals surface area contributed by atoms with Gasteiger partial charge in [0, 0.05) is 6.92 Å². The number of aliphatic carboxylic acids is 1. The van der Waals surface area contributed by atoms with Gasteiger partial charge < -0.3 is 20.4 Å². The van der Waals surface area contributed by atoms with Gasteiger partial charge in [-0.15, -0.1) is 0 Å². The molecule has 6 atom stereocenters. The molecule has 0 radical (unpaired) electrons. The summed E-state index contributed by atoms with van der Waals surface area (Å²) in [7, 11) is 0. The van der Waals surface area contributed by atoms with E-state index in [-0.39, 0.29) is 5.41 Å². The number of aliphatic hydroxyl groups excluding tert-OH is 2. The van der Waals surface area contributed by atoms with Crippen LogP contribution in [0.2, 0.25) is 0 Å². The van der Waals surface area contributed by atoms with Gasteiger partial charge in [0.2, 0.25) is 0 Å². The van der Waals surface area contributed by atoms with Crippen LogP contribution >= 0.6 is 0 Å². The highest BCUT2D eigenvalue weighted by atomic mass is 16.4. The van der Waals surface area contributed by atoms with Gasteiger partial charge in [-0.25, -0.2) is 0 Å². The Labute approximate surface area is 148 Å². The van der Waals surface area contributed by atoms with Crippen LogP contribution in [-0.2, 0) is 11.2 Å². The summed E-state index contributed by atoms with van der Waals surface area (Å²) < 4.78 is 0. The van der Waals surface area contributed by atoms with Crippen LogP contribution < -0.4 is 0 Å². The Bertz CT molecular complexity index is 653. The predicted octanol–water partition coefficient (Wildman–Crippen LogP) is 2.67. The van der Waals surface area contributed by atoms with Crippen molar-refractivity contribution in [1.29, 1.82) is 0 Å². The predicted molar refractivity (Wildman–Crippen MR) is 93.4 cm³/mol. The largest absolute Gasteiger partial charge is 0.508 e. The average Bonchev–Trinajstić information content (AvgIpc) is 2.77. The van der Waals surface area contributed by atoms with Crippen molar-refractivity contribution in [3.05, 3.63) is 29.3 Å². The van der Waals surface area contributed by atoms with Gasteiger partial charge in [0.1, 0.15) is 5.75 Å². The van der Waals surface area contributed by atoms with E-state index in [1.54, 1.807) is 6.07 Å². The molecule has 0 saturated heterocycles. The zero-order valence-corrected chi connectivity index (χ0v) is 14.9. The lowest BCUT2D eigenvalue weighted by Gasteiger charge is -2.49. The SMILES string of the molecule is CC(=O)O.C[C@]12CC[C@@H]3c4ccc(O)cc4CC[C@H]3[C@@H]1C[C@@H](O)[C@@H]2O. The molecule has 1 aromatic carbocycles. The number of rotatable bonds is 0. The van der Waals surface area contributed by atoms with Crippen LogP contribution in [-0.4, -0.2) is 38.6 Å². The van der Waals surface area contributed by atoms with Gasteiger partial charge in [0.15, 0.2) is 0 Å². The van der Waals surface area contributed by atoms with Crippen LogP contribution in [0.25, 0.3) is 0 Å². The maximum Gasteiger partial charge on any atom is 0.300 e. The number of benzene rings is 1. The van der Waals surface area contributed by atoms with Crippen molar-refractivity contribution in [3.8, 4) is 5.75 Å². The maximum absolute atomic E-state index is 10.4. The summed E-state index contributed by atoms with van der Waals surface area (Å²) in [5.41, 5.74) is 2.57. The standard InChI is InChI=1S/C18H24O3.C2H4O2/c1-18-7-6-13-12-5-3-11(19)8-10(12)2-4-14(13)15(18)9-16(20)17(18)21;1-2(3)4/h3,5,8,13-17,19-21H,2,4,6-7,9H2,1H3;1H3,(H,3,4)/t13-,14-,15+,16-,17+,18+;/m1./s1. The number of phenols is 1. The highest BCUT2D eigenvalue weighted by Gasteiger charge is 2.57. The molecule has 0 aromatic heterocycles. The summed E-state index contributed by atoms with van der Waals surface area (Å²) in [5.74, 6) is 1.04. The molecule has 4 N–H and O–H groups in total. The molecule has 0 bridgehead atoms. The number of phenolic OH excluding ortho intramolecular Hbond substituents is 1. The monoisotopic (exact) mass is 348 g/mol. The van der Waals surface area contributed by atoms with E-state index in [1.807, 2.05) is 6.07 Å². The number of hydrogen-bond donors (Lipinski definition) is 4. The van der Waals surface area contributed by atoms with Gasteiger partial charge >= 0.3 is 0 Å². The smallest absolute Gasteiger partial charge is 0.300 e. The molecule has 0 unspecified atom stereocenters. The van der Waals surface area contributed by atoms with E-state index in [1.165, 1.54) is 11.1 Å². The lowest BCUT2D eigenvalue weighted by molar-refractivity contribution is -0.134. The molecule has 138 valence electrons. The molecule has 0 amide bonds. The van der Waals surface area contributed by atoms with Gasteiger partial charge in [0.25, 0.3) is 5.97 Å². The lowest BCUT2D eigenvalue weighted by atomic mass is 9.55. The van der Waals surface area contributed by atoms with Crippen molar-refractivity contribution in [2.24, 2.45) is 17.3 Å². The van der Waals surface area contributed by atoms with Crippen LogP contribution in [0.4, 0.5) is 0 Å². The molecule has 25 heavy (non-hydrogen) atoms. The Morgan fingerprint density at radius 2 is 1.92 bits per heavy atom. The van der Waals surface area contributed by atoms with E-state index < -0.39 is 18.2 Å². The topological polar surface area (TPSA) is 98.0 Å². The molecular weight excluding hydrogens is 320 g/mol. The van der Waals surface area contributed by atoms with Crippen LogP contribution in [0.15, 0.2) is 18.2 Å². The summed E-state index contributed by atoms with van der Waals surface area (Å²) in [6.07, 6.45) is 3.80. The number of aryl methyl sites for hydroxylation is 1. The van der Waals surface area contributed by atoms with E-state index in [9.17, 15) is 15.3 Å². The molecule has 2 fully saturated rings. The Kier molecular flexibility index (Phi) is 4.82. The second kappa shape index (κ2) is 6.61. The molecule has 5 nitrogen and oxygen atoms in total. The number of fused-ring (bicyclic) bond motifs is 5. The summed E-state index contributed by atoms with van der Waals surface area (Å²) in [4.78, 5) is 9.00. The van der Waals surface area contributed by atoms with E-state index in [0.29, 0.717) is 23.5 Å². The Morgan fingerprint density at radius 1 is 1.24 bits per heavy atom. The molecule has 0 spiro atoms. The number of carboxylic acid groups (broad SMARTS) is 1. The van der Waals surface area contributed by atoms with Crippen LogP contribution in [0, 0.1) is 17.3 Å². The third-order valence-electron chi connectivity index (χ3n) is 6.68. The maximum atomic E-state index is 10.4. The van der Waals surface area contributed by atoms with Gasteiger partial charge in [-0.1, -0.05) is 13.0 Å². The minimum Gasteiger partial charge on any atom is -0.508 e. The lowest BCUT2D eigenvalue weighted by Crippen LogP contribution is -2.44. The minimum atomic E-state index is -0.833. The molecule has 3 aliphatic carbocycles. The first-order valence-electron chi connectivity index (χ1n) is 9.11. The number of hydrogen-bond acceptors (Lipinski definition) is 4. The number of aromatic hydroxyl groups is 1. The quantitative estimate of drug-likeness (QED) is 0.578. The molecule has 0 heterocycles. The van der Waals surface area contributed by atoms with Crippen LogP contribution in [0.3, 0.4) is 0 Å². The first-order valence-corrected chi connectivity index (χ1v) is 9.11. The summed E-state index contributed by atoms with van der Waals surface area (Å²) in [6, 6.07) is 5.80. The number of aliphatic hydroxyl groups is 2. The van der Waals surface area contributed by atoms with Gasteiger partial charge in [-0.3, -0.25) is 4.79 Å². The first-order chi connectivity index (χ1) is 11.7. The number of carbonyl (C=O) groups is 1. The van der Waals surface area contributed by atoms with Crippen molar-refractivity contribution < 1.29 is 25.2 Å². The van der Waals surface area contributed by atoms with Crippen LogP contribution in [0.5, 0.6) is 5.75 Å². The molecule has 3 aliphatic rings. The summed E-state index contributed by atoms with van der Waals surface area (Å²) >= 11 is 0. The molecule has 1 aromatic rings. The van der Waals surface area contributed by atoms with Crippen molar-refractivity contribution in [3.63, 3.8) is 0 Å². The Hall–Kier alpha value is -1.59. The highest BCUT2D eigenvalue weighted by Crippen LogP contribution is 2.60. The molecular formula is C20H28O5. The van der Waals surface area contributed by atoms with Gasteiger partial charge in [0.05, 0.1) is 12.2 Å². The van der Waals surface area contributed by atoms with E-state index in [0.717, 1.165) is 39.0 Å². The molecule has 2 saturated carbocycles. The Morgan fingerprint density at radius 3 is 2.60 bits per heavy atom.